The number of nitrogens with zero attached hydrogens (tertiary/aromatic N) is 1. The van der Waals surface area contributed by atoms with E-state index in [0.29, 0.717) is 20.4 Å². The van der Waals surface area contributed by atoms with Gasteiger partial charge in [0.05, 0.1) is 22.3 Å². The third-order valence-electron chi connectivity index (χ3n) is 2.76. The molecule has 0 fully saturated rings. The van der Waals surface area contributed by atoms with E-state index in [-0.39, 0.29) is 12.5 Å². The van der Waals surface area contributed by atoms with Crippen molar-refractivity contribution in [3.8, 4) is 11.5 Å². The van der Waals surface area contributed by atoms with Gasteiger partial charge in [-0.2, -0.15) is 5.10 Å². The largest absolute Gasteiger partial charge is 0.497 e. The Labute approximate surface area is 150 Å². The van der Waals surface area contributed by atoms with Gasteiger partial charge in [-0.05, 0) is 49.6 Å². The Morgan fingerprint density at radius 3 is 2.48 bits per heavy atom. The molecule has 7 heteroatoms. The molecule has 5 nitrogen and oxygen atoms in total. The van der Waals surface area contributed by atoms with Crippen molar-refractivity contribution in [3.63, 3.8) is 0 Å². The van der Waals surface area contributed by atoms with Crippen LogP contribution in [-0.2, 0) is 4.79 Å². The van der Waals surface area contributed by atoms with Crippen molar-refractivity contribution >= 4 is 44.0 Å². The summed E-state index contributed by atoms with van der Waals surface area (Å²) in [4.78, 5) is 11.7. The van der Waals surface area contributed by atoms with Crippen LogP contribution in [0, 0.1) is 0 Å². The van der Waals surface area contributed by atoms with E-state index >= 15 is 0 Å². The molecule has 0 aliphatic heterocycles. The van der Waals surface area contributed by atoms with Gasteiger partial charge in [-0.1, -0.05) is 30.3 Å². The van der Waals surface area contributed by atoms with Crippen LogP contribution >= 0.6 is 31.9 Å². The molecule has 2 aromatic carbocycles. The van der Waals surface area contributed by atoms with E-state index in [1.54, 1.807) is 25.5 Å². The smallest absolute Gasteiger partial charge is 0.277 e. The monoisotopic (exact) mass is 440 g/mol. The number of carbonyl (C=O) groups excluding carboxylic acids is 1. The van der Waals surface area contributed by atoms with Crippen LogP contribution < -0.4 is 14.9 Å². The molecule has 0 aliphatic rings. The molecule has 0 saturated heterocycles. The first-order chi connectivity index (χ1) is 11.1. The van der Waals surface area contributed by atoms with E-state index in [9.17, 15) is 4.79 Å². The maximum atomic E-state index is 11.7. The van der Waals surface area contributed by atoms with Crippen LogP contribution in [0.1, 0.15) is 5.56 Å². The number of amides is 1. The average molecular weight is 442 g/mol. The first-order valence-electron chi connectivity index (χ1n) is 6.63. The molecular formula is C16H14Br2N2O3. The summed E-state index contributed by atoms with van der Waals surface area (Å²) in [6, 6.07) is 13.0. The van der Waals surface area contributed by atoms with Gasteiger partial charge in [0.25, 0.3) is 5.91 Å². The summed E-state index contributed by atoms with van der Waals surface area (Å²) < 4.78 is 12.0. The van der Waals surface area contributed by atoms with Gasteiger partial charge in [0, 0.05) is 0 Å². The Morgan fingerprint density at radius 2 is 1.87 bits per heavy atom. The number of ether oxygens (including phenoxy) is 2. The zero-order valence-electron chi connectivity index (χ0n) is 12.3. The maximum absolute atomic E-state index is 11.7. The molecule has 0 spiro atoms. The first kappa shape index (κ1) is 17.5. The molecule has 0 unspecified atom stereocenters. The van der Waals surface area contributed by atoms with Gasteiger partial charge in [-0.3, -0.25) is 4.79 Å². The van der Waals surface area contributed by atoms with Crippen molar-refractivity contribution in [2.45, 2.75) is 0 Å². The molecule has 2 aromatic rings. The van der Waals surface area contributed by atoms with E-state index in [4.69, 9.17) is 9.47 Å². The second-order valence-electron chi connectivity index (χ2n) is 4.41. The lowest BCUT2D eigenvalue weighted by molar-refractivity contribution is -0.123. The van der Waals surface area contributed by atoms with Crippen molar-refractivity contribution < 1.29 is 14.3 Å². The summed E-state index contributed by atoms with van der Waals surface area (Å²) in [5.41, 5.74) is 3.31. The van der Waals surface area contributed by atoms with Crippen LogP contribution in [0.2, 0.25) is 0 Å². The zero-order valence-corrected chi connectivity index (χ0v) is 15.4. The van der Waals surface area contributed by atoms with Gasteiger partial charge in [0.15, 0.2) is 6.61 Å². The highest BCUT2D eigenvalue weighted by molar-refractivity contribution is 9.11. The topological polar surface area (TPSA) is 59.9 Å². The summed E-state index contributed by atoms with van der Waals surface area (Å²) >= 11 is 6.75. The molecule has 2 rings (SSSR count). The predicted molar refractivity (Wildman–Crippen MR) is 96.1 cm³/mol. The van der Waals surface area contributed by atoms with Gasteiger partial charge in [0.1, 0.15) is 11.5 Å². The standard InChI is InChI=1S/C16H14Br2N2O3/c1-22-12-7-13(17)16(14(18)8-12)23-10-15(21)20-19-9-11-5-3-2-4-6-11/h2-9H,10H2,1H3,(H,20,21)/b19-9+. The summed E-state index contributed by atoms with van der Waals surface area (Å²) in [5.74, 6) is 0.841. The fourth-order valence-electron chi connectivity index (χ4n) is 1.68. The lowest BCUT2D eigenvalue weighted by Crippen LogP contribution is -2.24. The summed E-state index contributed by atoms with van der Waals surface area (Å²) in [6.45, 7) is -0.157. The van der Waals surface area contributed by atoms with Crippen molar-refractivity contribution in [3.05, 3.63) is 57.0 Å². The van der Waals surface area contributed by atoms with Gasteiger partial charge >= 0.3 is 0 Å². The molecule has 0 heterocycles. The normalized spacial score (nSPS) is 10.6. The van der Waals surface area contributed by atoms with E-state index < -0.39 is 0 Å². The predicted octanol–water partition coefficient (Wildman–Crippen LogP) is 3.75. The summed E-state index contributed by atoms with van der Waals surface area (Å²) in [6.07, 6.45) is 1.57. The number of benzene rings is 2. The molecule has 0 atom stereocenters. The van der Waals surface area contributed by atoms with Crippen molar-refractivity contribution in [2.24, 2.45) is 5.10 Å². The number of carbonyl (C=O) groups is 1. The Kier molecular flexibility index (Phi) is 6.61. The second kappa shape index (κ2) is 8.69. The van der Waals surface area contributed by atoms with Gasteiger partial charge < -0.3 is 9.47 Å². The molecule has 0 bridgehead atoms. The van der Waals surface area contributed by atoms with Gasteiger partial charge in [-0.15, -0.1) is 0 Å². The fraction of sp³-hybridized carbons (Fsp3) is 0.125. The van der Waals surface area contributed by atoms with E-state index in [2.05, 4.69) is 42.4 Å². The molecule has 1 amide bonds. The molecule has 23 heavy (non-hydrogen) atoms. The maximum Gasteiger partial charge on any atom is 0.277 e. The number of nitrogens with one attached hydrogen (secondary N) is 1. The van der Waals surface area contributed by atoms with Crippen LogP contribution in [0.5, 0.6) is 11.5 Å². The Hall–Kier alpha value is -1.86. The Bertz CT molecular complexity index is 683. The van der Waals surface area contributed by atoms with Crippen LogP contribution in [0.4, 0.5) is 0 Å². The molecule has 0 radical (unpaired) electrons. The van der Waals surface area contributed by atoms with Crippen LogP contribution in [0.15, 0.2) is 56.5 Å². The van der Waals surface area contributed by atoms with Crippen LogP contribution in [-0.4, -0.2) is 25.8 Å². The van der Waals surface area contributed by atoms with E-state index in [0.717, 1.165) is 5.56 Å². The highest BCUT2D eigenvalue weighted by Gasteiger charge is 2.11. The number of halogens is 2. The highest BCUT2D eigenvalue weighted by atomic mass is 79.9. The Morgan fingerprint density at radius 1 is 1.22 bits per heavy atom. The minimum Gasteiger partial charge on any atom is -0.497 e. The summed E-state index contributed by atoms with van der Waals surface area (Å²) in [5, 5.41) is 3.88. The fourth-order valence-corrected chi connectivity index (χ4v) is 3.05. The Balaban J connectivity index is 1.88. The SMILES string of the molecule is COc1cc(Br)c(OCC(=O)N/N=C/c2ccccc2)c(Br)c1. The number of hydrogen-bond acceptors (Lipinski definition) is 4. The van der Waals surface area contributed by atoms with Crippen molar-refractivity contribution in [1.29, 1.82) is 0 Å². The van der Waals surface area contributed by atoms with Gasteiger partial charge in [0.2, 0.25) is 0 Å². The molecule has 0 saturated carbocycles. The van der Waals surface area contributed by atoms with Crippen molar-refractivity contribution in [1.82, 2.24) is 5.43 Å². The van der Waals surface area contributed by atoms with Crippen molar-refractivity contribution in [2.75, 3.05) is 13.7 Å². The molecule has 0 aromatic heterocycles. The molecule has 0 aliphatic carbocycles. The second-order valence-corrected chi connectivity index (χ2v) is 6.12. The van der Waals surface area contributed by atoms with E-state index in [1.165, 1.54) is 0 Å². The van der Waals surface area contributed by atoms with Crippen LogP contribution in [0.3, 0.4) is 0 Å². The number of rotatable bonds is 6. The highest BCUT2D eigenvalue weighted by Crippen LogP contribution is 2.37. The first-order valence-corrected chi connectivity index (χ1v) is 8.21. The number of hydrazone groups is 1. The quantitative estimate of drug-likeness (QED) is 0.548. The number of hydrogen-bond donors (Lipinski definition) is 1. The van der Waals surface area contributed by atoms with Crippen LogP contribution in [0.25, 0.3) is 0 Å². The lowest BCUT2D eigenvalue weighted by Gasteiger charge is -2.11. The minimum atomic E-state index is -0.355. The molecule has 120 valence electrons. The lowest BCUT2D eigenvalue weighted by atomic mass is 10.2. The number of methoxy groups -OCH3 is 1. The zero-order chi connectivity index (χ0) is 16.7. The third kappa shape index (κ3) is 5.37. The molecular weight excluding hydrogens is 428 g/mol. The van der Waals surface area contributed by atoms with Gasteiger partial charge in [-0.25, -0.2) is 5.43 Å². The minimum absolute atomic E-state index is 0.157. The third-order valence-corrected chi connectivity index (χ3v) is 3.94. The average Bonchev–Trinajstić information content (AvgIpc) is 2.54. The summed E-state index contributed by atoms with van der Waals surface area (Å²) in [7, 11) is 1.58. The molecule has 1 N–H and O–H groups in total. The van der Waals surface area contributed by atoms with E-state index in [1.807, 2.05) is 30.3 Å².